The van der Waals surface area contributed by atoms with Gasteiger partial charge in [0.2, 0.25) is 5.89 Å². The van der Waals surface area contributed by atoms with Crippen molar-refractivity contribution in [2.75, 3.05) is 6.54 Å². The number of amides is 1. The van der Waals surface area contributed by atoms with Crippen molar-refractivity contribution in [2.45, 2.75) is 62.5 Å². The molecule has 1 aromatic carbocycles. The number of aliphatic hydroxyl groups is 1. The molecule has 2 fully saturated rings. The van der Waals surface area contributed by atoms with Crippen LogP contribution in [-0.2, 0) is 17.6 Å². The molecule has 1 saturated heterocycles. The van der Waals surface area contributed by atoms with Gasteiger partial charge in [-0.3, -0.25) is 4.79 Å². The molecule has 0 unspecified atom stereocenters. The van der Waals surface area contributed by atoms with Crippen LogP contribution in [0.15, 0.2) is 34.9 Å². The van der Waals surface area contributed by atoms with Crippen molar-refractivity contribution in [3.8, 4) is 0 Å². The number of halogens is 2. The van der Waals surface area contributed by atoms with Crippen LogP contribution in [0, 0.1) is 0 Å². The maximum Gasteiger partial charge on any atom is 0.352 e. The lowest BCUT2D eigenvalue weighted by Crippen LogP contribution is -2.61. The van der Waals surface area contributed by atoms with Crippen molar-refractivity contribution >= 4 is 5.91 Å². The Morgan fingerprint density at radius 1 is 1.25 bits per heavy atom. The number of aryl methyl sites for hydroxylation is 2. The van der Waals surface area contributed by atoms with Crippen molar-refractivity contribution in [3.05, 3.63) is 47.6 Å². The van der Waals surface area contributed by atoms with Gasteiger partial charge >= 0.3 is 5.92 Å². The number of hydrogen-bond acceptors (Lipinski definition) is 5. The predicted octanol–water partition coefficient (Wildman–Crippen LogP) is 3.07. The third-order valence-corrected chi connectivity index (χ3v) is 5.80. The molecule has 1 aromatic heterocycles. The SMILES string of the molecule is O=C(N1CCC[C@H]1c1noc(CCc2ccccc2)n1)C(F)(F)C1(O)CCC1. The highest BCUT2D eigenvalue weighted by Crippen LogP contribution is 2.46. The van der Waals surface area contributed by atoms with E-state index in [1.165, 1.54) is 0 Å². The van der Waals surface area contributed by atoms with E-state index in [-0.39, 0.29) is 25.2 Å². The number of hydrogen-bond donors (Lipinski definition) is 1. The average molecular weight is 391 g/mol. The summed E-state index contributed by atoms with van der Waals surface area (Å²) in [5.74, 6) is -4.46. The highest BCUT2D eigenvalue weighted by molar-refractivity contribution is 5.85. The number of nitrogens with zero attached hydrogens (tertiary/aromatic N) is 3. The number of benzene rings is 1. The summed E-state index contributed by atoms with van der Waals surface area (Å²) >= 11 is 0. The summed E-state index contributed by atoms with van der Waals surface area (Å²) in [7, 11) is 0. The van der Waals surface area contributed by atoms with Crippen LogP contribution in [0.5, 0.6) is 0 Å². The molecule has 0 spiro atoms. The molecule has 1 atom stereocenters. The Balaban J connectivity index is 1.45. The smallest absolute Gasteiger partial charge is 0.352 e. The maximum absolute atomic E-state index is 14.6. The van der Waals surface area contributed by atoms with E-state index in [2.05, 4.69) is 10.1 Å². The molecule has 28 heavy (non-hydrogen) atoms. The molecule has 1 N–H and O–H groups in total. The fraction of sp³-hybridized carbons (Fsp3) is 0.550. The highest BCUT2D eigenvalue weighted by atomic mass is 19.3. The van der Waals surface area contributed by atoms with Gasteiger partial charge in [-0.2, -0.15) is 13.8 Å². The first-order valence-electron chi connectivity index (χ1n) is 9.68. The standard InChI is InChI=1S/C20H23F2N3O3/c21-20(22,19(27)11-5-12-19)18(26)25-13-4-8-15(25)17-23-16(28-24-17)10-9-14-6-2-1-3-7-14/h1-3,6-7,15,27H,4-5,8-13H2/t15-/m0/s1. The predicted molar refractivity (Wildman–Crippen MR) is 95.6 cm³/mol. The van der Waals surface area contributed by atoms with Gasteiger partial charge in [-0.25, -0.2) is 0 Å². The van der Waals surface area contributed by atoms with Gasteiger partial charge in [-0.15, -0.1) is 0 Å². The van der Waals surface area contributed by atoms with Gasteiger partial charge in [0.05, 0.1) is 6.04 Å². The zero-order valence-corrected chi connectivity index (χ0v) is 15.5. The Bertz CT molecular complexity index is 836. The van der Waals surface area contributed by atoms with Crippen molar-refractivity contribution in [1.29, 1.82) is 0 Å². The normalized spacial score (nSPS) is 21.5. The van der Waals surface area contributed by atoms with E-state index < -0.39 is 23.5 Å². The molecule has 0 radical (unpaired) electrons. The molecule has 2 aromatic rings. The minimum Gasteiger partial charge on any atom is -0.383 e. The molecule has 2 heterocycles. The molecule has 150 valence electrons. The van der Waals surface area contributed by atoms with Crippen LogP contribution < -0.4 is 0 Å². The second-order valence-corrected chi connectivity index (χ2v) is 7.65. The molecule has 8 heteroatoms. The van der Waals surface area contributed by atoms with Gasteiger partial charge in [0.25, 0.3) is 5.91 Å². The fourth-order valence-electron chi connectivity index (χ4n) is 3.88. The lowest BCUT2D eigenvalue weighted by atomic mass is 9.75. The fourth-order valence-corrected chi connectivity index (χ4v) is 3.88. The molecule has 1 aliphatic carbocycles. The summed E-state index contributed by atoms with van der Waals surface area (Å²) in [5.41, 5.74) is -1.09. The topological polar surface area (TPSA) is 79.5 Å². The second-order valence-electron chi connectivity index (χ2n) is 7.65. The molecule has 1 saturated carbocycles. The van der Waals surface area contributed by atoms with Crippen LogP contribution in [0.3, 0.4) is 0 Å². The second kappa shape index (κ2) is 7.24. The summed E-state index contributed by atoms with van der Waals surface area (Å²) in [6, 6.07) is 9.20. The van der Waals surface area contributed by atoms with Gasteiger partial charge in [0.1, 0.15) is 5.60 Å². The minimum absolute atomic E-state index is 0.0594. The molecule has 1 amide bonds. The molecule has 4 rings (SSSR count). The number of rotatable bonds is 6. The van der Waals surface area contributed by atoms with Crippen molar-refractivity contribution in [1.82, 2.24) is 15.0 Å². The Labute approximate surface area is 161 Å². The third-order valence-electron chi connectivity index (χ3n) is 5.80. The number of aromatic nitrogens is 2. The lowest BCUT2D eigenvalue weighted by Gasteiger charge is -2.43. The van der Waals surface area contributed by atoms with Gasteiger partial charge < -0.3 is 14.5 Å². The van der Waals surface area contributed by atoms with E-state index in [1.54, 1.807) is 0 Å². The summed E-state index contributed by atoms with van der Waals surface area (Å²) in [4.78, 5) is 18.0. The minimum atomic E-state index is -3.80. The van der Waals surface area contributed by atoms with Crippen LogP contribution in [-0.4, -0.2) is 44.1 Å². The van der Waals surface area contributed by atoms with Gasteiger partial charge in [-0.1, -0.05) is 35.5 Å². The summed E-state index contributed by atoms with van der Waals surface area (Å²) in [6.45, 7) is 0.197. The number of likely N-dealkylation sites (tertiary alicyclic amines) is 1. The monoisotopic (exact) mass is 391 g/mol. The van der Waals surface area contributed by atoms with Crippen LogP contribution in [0.1, 0.15) is 55.4 Å². The summed E-state index contributed by atoms with van der Waals surface area (Å²) < 4.78 is 34.5. The number of carbonyl (C=O) groups is 1. The Kier molecular flexibility index (Phi) is 4.91. The van der Waals surface area contributed by atoms with E-state index in [4.69, 9.17) is 4.52 Å². The molecular formula is C20H23F2N3O3. The Morgan fingerprint density at radius 2 is 2.00 bits per heavy atom. The lowest BCUT2D eigenvalue weighted by molar-refractivity contribution is -0.224. The Morgan fingerprint density at radius 3 is 2.68 bits per heavy atom. The van der Waals surface area contributed by atoms with Crippen LogP contribution >= 0.6 is 0 Å². The van der Waals surface area contributed by atoms with E-state index >= 15 is 0 Å². The molecule has 2 aliphatic rings. The Hall–Kier alpha value is -2.35. The average Bonchev–Trinajstić information content (AvgIpc) is 3.33. The van der Waals surface area contributed by atoms with Crippen molar-refractivity contribution in [2.24, 2.45) is 0 Å². The first-order valence-corrected chi connectivity index (χ1v) is 9.68. The first kappa shape index (κ1) is 19.0. The van der Waals surface area contributed by atoms with Gasteiger partial charge in [-0.05, 0) is 44.1 Å². The molecule has 1 aliphatic heterocycles. The zero-order valence-electron chi connectivity index (χ0n) is 15.5. The summed E-state index contributed by atoms with van der Waals surface area (Å²) in [5, 5.41) is 14.0. The molecular weight excluding hydrogens is 368 g/mol. The zero-order chi connectivity index (χ0) is 19.8. The third kappa shape index (κ3) is 3.30. The van der Waals surface area contributed by atoms with Crippen molar-refractivity contribution in [3.63, 3.8) is 0 Å². The number of carbonyl (C=O) groups excluding carboxylic acids is 1. The van der Waals surface area contributed by atoms with E-state index in [0.717, 1.165) is 16.9 Å². The molecule has 6 nitrogen and oxygen atoms in total. The largest absolute Gasteiger partial charge is 0.383 e. The first-order chi connectivity index (χ1) is 13.4. The van der Waals surface area contributed by atoms with Gasteiger partial charge in [0, 0.05) is 13.0 Å². The van der Waals surface area contributed by atoms with E-state index in [1.807, 2.05) is 30.3 Å². The maximum atomic E-state index is 14.6. The quantitative estimate of drug-likeness (QED) is 0.819. The van der Waals surface area contributed by atoms with Crippen LogP contribution in [0.2, 0.25) is 0 Å². The summed E-state index contributed by atoms with van der Waals surface area (Å²) in [6.07, 6.45) is 2.72. The van der Waals surface area contributed by atoms with E-state index in [9.17, 15) is 18.7 Å². The number of alkyl halides is 2. The van der Waals surface area contributed by atoms with Crippen molar-refractivity contribution < 1.29 is 23.2 Å². The highest BCUT2D eigenvalue weighted by Gasteiger charge is 2.63. The van der Waals surface area contributed by atoms with Crippen LogP contribution in [0.4, 0.5) is 8.78 Å². The van der Waals surface area contributed by atoms with Gasteiger partial charge in [0.15, 0.2) is 5.82 Å². The molecule has 0 bridgehead atoms. The van der Waals surface area contributed by atoms with E-state index in [0.29, 0.717) is 31.6 Å². The van der Waals surface area contributed by atoms with Crippen LogP contribution in [0.25, 0.3) is 0 Å².